The molecule has 0 aliphatic heterocycles. The van der Waals surface area contributed by atoms with Crippen LogP contribution in [0.4, 0.5) is 0 Å². The molecule has 1 aromatic rings. The van der Waals surface area contributed by atoms with Crippen LogP contribution >= 0.6 is 24.0 Å². The fraction of sp³-hybridized carbons (Fsp3) is 0.588. The molecule has 0 saturated heterocycles. The lowest BCUT2D eigenvalue weighted by molar-refractivity contribution is -0.170. The molecule has 0 spiro atoms. The van der Waals surface area contributed by atoms with Crippen molar-refractivity contribution in [3.63, 3.8) is 0 Å². The quantitative estimate of drug-likeness (QED) is 0.819. The number of rotatable bonds is 6. The van der Waals surface area contributed by atoms with Crippen molar-refractivity contribution >= 4 is 29.9 Å². The van der Waals surface area contributed by atoms with Crippen LogP contribution in [0.2, 0.25) is 5.02 Å². The third-order valence-corrected chi connectivity index (χ3v) is 5.10. The van der Waals surface area contributed by atoms with E-state index in [0.717, 1.165) is 12.0 Å². The summed E-state index contributed by atoms with van der Waals surface area (Å²) in [4.78, 5) is 12.4. The Morgan fingerprint density at radius 3 is 2.52 bits per heavy atom. The largest absolute Gasteiger partial charge is 0.378 e. The molecule has 0 aromatic heterocycles. The van der Waals surface area contributed by atoms with Crippen molar-refractivity contribution in [2.75, 3.05) is 13.2 Å². The summed E-state index contributed by atoms with van der Waals surface area (Å²) in [7, 11) is 0. The highest BCUT2D eigenvalue weighted by Crippen LogP contribution is 2.49. The summed E-state index contributed by atoms with van der Waals surface area (Å²) >= 11 is 5.85. The minimum absolute atomic E-state index is 0. The average Bonchev–Trinajstić information content (AvgIpc) is 2.48. The van der Waals surface area contributed by atoms with Crippen molar-refractivity contribution in [2.24, 2.45) is 11.1 Å². The van der Waals surface area contributed by atoms with Crippen molar-refractivity contribution in [3.05, 3.63) is 34.9 Å². The molecule has 130 valence electrons. The monoisotopic (exact) mass is 360 g/mol. The number of nitrogens with one attached hydrogen (secondary N) is 1. The Morgan fingerprint density at radius 2 is 2.00 bits per heavy atom. The van der Waals surface area contributed by atoms with Crippen LogP contribution in [0, 0.1) is 5.41 Å². The molecule has 1 amide bonds. The van der Waals surface area contributed by atoms with E-state index in [-0.39, 0.29) is 29.8 Å². The first-order chi connectivity index (χ1) is 10.3. The zero-order chi connectivity index (χ0) is 16.4. The maximum absolute atomic E-state index is 12.4. The maximum atomic E-state index is 12.4. The summed E-state index contributed by atoms with van der Waals surface area (Å²) < 4.78 is 5.65. The van der Waals surface area contributed by atoms with Gasteiger partial charge in [-0.1, -0.05) is 37.6 Å². The number of benzene rings is 1. The highest BCUT2D eigenvalue weighted by Gasteiger charge is 2.62. The Morgan fingerprint density at radius 1 is 1.39 bits per heavy atom. The van der Waals surface area contributed by atoms with E-state index in [1.807, 2.05) is 45.0 Å². The van der Waals surface area contributed by atoms with Crippen LogP contribution in [-0.2, 0) is 16.0 Å². The number of hydrogen-bond donors (Lipinski definition) is 2. The first-order valence-corrected chi connectivity index (χ1v) is 8.12. The second-order valence-electron chi connectivity index (χ2n) is 6.47. The minimum Gasteiger partial charge on any atom is -0.378 e. The number of amides is 1. The van der Waals surface area contributed by atoms with Crippen LogP contribution in [0.3, 0.4) is 0 Å². The van der Waals surface area contributed by atoms with Gasteiger partial charge in [0.05, 0.1) is 6.10 Å². The standard InChI is InChI=1S/C17H25ClN2O2.ClH/c1-4-22-14-11-17(19,16(14,2)3)15(21)20-10-9-12-5-7-13(18)8-6-12;/h5-8,14H,4,9-11,19H2,1-3H3,(H,20,21);1H. The Hall–Kier alpha value is -0.810. The lowest BCUT2D eigenvalue weighted by atomic mass is 9.54. The minimum atomic E-state index is -0.854. The molecule has 1 aliphatic carbocycles. The van der Waals surface area contributed by atoms with E-state index in [2.05, 4.69) is 5.32 Å². The molecule has 1 saturated carbocycles. The maximum Gasteiger partial charge on any atom is 0.240 e. The summed E-state index contributed by atoms with van der Waals surface area (Å²) in [6, 6.07) is 7.63. The summed E-state index contributed by atoms with van der Waals surface area (Å²) in [5, 5.41) is 3.67. The van der Waals surface area contributed by atoms with E-state index in [0.29, 0.717) is 24.6 Å². The summed E-state index contributed by atoms with van der Waals surface area (Å²) in [6.07, 6.45) is 1.37. The van der Waals surface area contributed by atoms with Crippen molar-refractivity contribution in [1.82, 2.24) is 5.32 Å². The lowest BCUT2D eigenvalue weighted by Gasteiger charge is -2.57. The van der Waals surface area contributed by atoms with Gasteiger partial charge in [0, 0.05) is 30.0 Å². The number of carbonyl (C=O) groups is 1. The van der Waals surface area contributed by atoms with Gasteiger partial charge in [-0.05, 0) is 31.0 Å². The molecular formula is C17H26Cl2N2O2. The zero-order valence-corrected chi connectivity index (χ0v) is 15.5. The van der Waals surface area contributed by atoms with E-state index in [1.165, 1.54) is 0 Å². The van der Waals surface area contributed by atoms with Crippen molar-refractivity contribution in [3.8, 4) is 0 Å². The topological polar surface area (TPSA) is 64.3 Å². The summed E-state index contributed by atoms with van der Waals surface area (Å²) in [5.74, 6) is -0.0950. The van der Waals surface area contributed by atoms with Crippen LogP contribution in [-0.4, -0.2) is 30.7 Å². The van der Waals surface area contributed by atoms with Crippen LogP contribution < -0.4 is 11.1 Å². The highest BCUT2D eigenvalue weighted by atomic mass is 35.5. The molecule has 0 heterocycles. The fourth-order valence-corrected chi connectivity index (χ4v) is 3.08. The number of hydrogen-bond acceptors (Lipinski definition) is 3. The molecule has 4 nitrogen and oxygen atoms in total. The van der Waals surface area contributed by atoms with Crippen LogP contribution in [0.1, 0.15) is 32.8 Å². The molecule has 3 N–H and O–H groups in total. The molecule has 23 heavy (non-hydrogen) atoms. The predicted octanol–water partition coefficient (Wildman–Crippen LogP) is 2.95. The molecule has 2 rings (SSSR count). The van der Waals surface area contributed by atoms with Crippen molar-refractivity contribution in [1.29, 1.82) is 0 Å². The van der Waals surface area contributed by atoms with E-state index in [4.69, 9.17) is 22.1 Å². The SMILES string of the molecule is CCOC1CC(N)(C(=O)NCCc2ccc(Cl)cc2)C1(C)C.Cl. The van der Waals surface area contributed by atoms with Crippen LogP contribution in [0.5, 0.6) is 0 Å². The summed E-state index contributed by atoms with van der Waals surface area (Å²) in [5.41, 5.74) is 6.26. The summed E-state index contributed by atoms with van der Waals surface area (Å²) in [6.45, 7) is 7.15. The van der Waals surface area contributed by atoms with Crippen LogP contribution in [0.25, 0.3) is 0 Å². The van der Waals surface area contributed by atoms with Crippen molar-refractivity contribution < 1.29 is 9.53 Å². The second kappa shape index (κ2) is 7.84. The van der Waals surface area contributed by atoms with Crippen molar-refractivity contribution in [2.45, 2.75) is 45.3 Å². The molecule has 1 aliphatic rings. The first kappa shape index (κ1) is 20.2. The highest BCUT2D eigenvalue weighted by molar-refractivity contribution is 6.30. The van der Waals surface area contributed by atoms with Gasteiger partial charge in [-0.3, -0.25) is 4.79 Å². The Kier molecular flexibility index (Phi) is 6.90. The van der Waals surface area contributed by atoms with Gasteiger partial charge < -0.3 is 15.8 Å². The van der Waals surface area contributed by atoms with E-state index in [1.54, 1.807) is 0 Å². The molecule has 1 aromatic carbocycles. The van der Waals surface area contributed by atoms with Gasteiger partial charge in [-0.15, -0.1) is 12.4 Å². The van der Waals surface area contributed by atoms with E-state index >= 15 is 0 Å². The smallest absolute Gasteiger partial charge is 0.240 e. The molecule has 2 unspecified atom stereocenters. The van der Waals surface area contributed by atoms with Gasteiger partial charge >= 0.3 is 0 Å². The number of halogens is 2. The van der Waals surface area contributed by atoms with Gasteiger partial charge in [-0.25, -0.2) is 0 Å². The lowest BCUT2D eigenvalue weighted by Crippen LogP contribution is -2.75. The Bertz CT molecular complexity index is 534. The molecular weight excluding hydrogens is 335 g/mol. The molecule has 0 bridgehead atoms. The molecule has 2 atom stereocenters. The second-order valence-corrected chi connectivity index (χ2v) is 6.91. The number of ether oxygens (including phenoxy) is 1. The zero-order valence-electron chi connectivity index (χ0n) is 13.9. The van der Waals surface area contributed by atoms with Gasteiger partial charge in [0.2, 0.25) is 5.91 Å². The van der Waals surface area contributed by atoms with Gasteiger partial charge in [-0.2, -0.15) is 0 Å². The molecule has 6 heteroatoms. The third-order valence-electron chi connectivity index (χ3n) is 4.85. The van der Waals surface area contributed by atoms with Gasteiger partial charge in [0.15, 0.2) is 0 Å². The normalized spacial score (nSPS) is 25.2. The molecule has 0 radical (unpaired) electrons. The van der Waals surface area contributed by atoms with Crippen LogP contribution in [0.15, 0.2) is 24.3 Å². The van der Waals surface area contributed by atoms with E-state index in [9.17, 15) is 4.79 Å². The average molecular weight is 361 g/mol. The molecule has 1 fully saturated rings. The van der Waals surface area contributed by atoms with Gasteiger partial charge in [0.1, 0.15) is 5.54 Å². The third kappa shape index (κ3) is 4.00. The number of nitrogens with two attached hydrogens (primary N) is 1. The number of carbonyl (C=O) groups excluding carboxylic acids is 1. The van der Waals surface area contributed by atoms with E-state index < -0.39 is 5.54 Å². The Labute approximate surface area is 149 Å². The fourth-order valence-electron chi connectivity index (χ4n) is 2.95. The predicted molar refractivity (Wildman–Crippen MR) is 96.1 cm³/mol. The Balaban J connectivity index is 0.00000264. The first-order valence-electron chi connectivity index (χ1n) is 7.74. The van der Waals surface area contributed by atoms with Gasteiger partial charge in [0.25, 0.3) is 0 Å².